The quantitative estimate of drug-likeness (QED) is 0.810. The Morgan fingerprint density at radius 3 is 2.70 bits per heavy atom. The van der Waals surface area contributed by atoms with Crippen molar-refractivity contribution in [2.24, 2.45) is 0 Å². The summed E-state index contributed by atoms with van der Waals surface area (Å²) in [6, 6.07) is 0. The Hall–Kier alpha value is -2.48. The average molecular weight is 372 g/mol. The second kappa shape index (κ2) is 8.47. The highest BCUT2D eigenvalue weighted by molar-refractivity contribution is 5.78. The number of likely N-dealkylation sites (tertiary alicyclic amines) is 1. The van der Waals surface area contributed by atoms with Crippen molar-refractivity contribution in [3.63, 3.8) is 0 Å². The average Bonchev–Trinajstić information content (AvgIpc) is 3.11. The maximum absolute atomic E-state index is 12.6. The molecule has 27 heavy (non-hydrogen) atoms. The Bertz CT molecular complexity index is 833. The van der Waals surface area contributed by atoms with Crippen LogP contribution in [0, 0.1) is 6.92 Å². The van der Waals surface area contributed by atoms with Crippen LogP contribution in [0.15, 0.2) is 23.4 Å². The Morgan fingerprint density at radius 1 is 1.30 bits per heavy atom. The highest BCUT2D eigenvalue weighted by Gasteiger charge is 2.26. The molecular formula is C19H28N6O2. The topological polar surface area (TPSA) is 87.1 Å². The van der Waals surface area contributed by atoms with Gasteiger partial charge in [-0.1, -0.05) is 0 Å². The summed E-state index contributed by atoms with van der Waals surface area (Å²) < 4.78 is 2.22. The zero-order valence-corrected chi connectivity index (χ0v) is 16.3. The van der Waals surface area contributed by atoms with Gasteiger partial charge in [0.2, 0.25) is 5.91 Å². The summed E-state index contributed by atoms with van der Waals surface area (Å²) >= 11 is 0. The van der Waals surface area contributed by atoms with E-state index < -0.39 is 0 Å². The Balaban J connectivity index is 1.56. The van der Waals surface area contributed by atoms with Crippen LogP contribution in [-0.2, 0) is 17.8 Å². The van der Waals surface area contributed by atoms with Gasteiger partial charge in [-0.3, -0.25) is 9.59 Å². The van der Waals surface area contributed by atoms with Gasteiger partial charge in [0.15, 0.2) is 0 Å². The molecule has 3 rings (SSSR count). The Kier molecular flexibility index (Phi) is 6.05. The van der Waals surface area contributed by atoms with Crippen LogP contribution in [0.5, 0.6) is 0 Å². The van der Waals surface area contributed by atoms with E-state index in [0.717, 1.165) is 31.8 Å². The van der Waals surface area contributed by atoms with Crippen molar-refractivity contribution in [3.8, 4) is 0 Å². The van der Waals surface area contributed by atoms with Crippen LogP contribution >= 0.6 is 0 Å². The number of hydrogen-bond acceptors (Lipinski definition) is 5. The lowest BCUT2D eigenvalue weighted by Crippen LogP contribution is -2.40. The van der Waals surface area contributed by atoms with Crippen LogP contribution in [0.1, 0.15) is 36.0 Å². The lowest BCUT2D eigenvalue weighted by molar-refractivity contribution is -0.131. The van der Waals surface area contributed by atoms with Crippen molar-refractivity contribution < 1.29 is 4.79 Å². The molecule has 1 amide bonds. The predicted octanol–water partition coefficient (Wildman–Crippen LogP) is 0.785. The molecule has 2 aromatic rings. The van der Waals surface area contributed by atoms with Crippen LogP contribution < -0.4 is 5.56 Å². The van der Waals surface area contributed by atoms with Gasteiger partial charge in [-0.2, -0.15) is 0 Å². The van der Waals surface area contributed by atoms with Crippen LogP contribution in [0.3, 0.4) is 0 Å². The minimum Gasteiger partial charge on any atom is -0.342 e. The predicted molar refractivity (Wildman–Crippen MR) is 103 cm³/mol. The first-order valence-electron chi connectivity index (χ1n) is 9.42. The van der Waals surface area contributed by atoms with E-state index in [2.05, 4.69) is 38.5 Å². The van der Waals surface area contributed by atoms with Crippen molar-refractivity contribution >= 4 is 5.91 Å². The van der Waals surface area contributed by atoms with Crippen LogP contribution in [-0.4, -0.2) is 69.0 Å². The largest absolute Gasteiger partial charge is 0.342 e. The van der Waals surface area contributed by atoms with E-state index in [4.69, 9.17) is 0 Å². The van der Waals surface area contributed by atoms with Crippen LogP contribution in [0.25, 0.3) is 0 Å². The summed E-state index contributed by atoms with van der Waals surface area (Å²) in [5, 5.41) is 0. The summed E-state index contributed by atoms with van der Waals surface area (Å²) in [7, 11) is 4.13. The standard InChI is InChI=1S/C19H28N6O2/c1-14-21-13-16(19(27)22-14)12-17(26)24-7-4-15(5-8-24)18-20-6-9-25(18)11-10-23(2)3/h6,9,13,15H,4-5,7-8,10-12H2,1-3H3,(H,21,22,27). The first kappa shape index (κ1) is 19.3. The van der Waals surface area contributed by atoms with Crippen molar-refractivity contribution in [2.45, 2.75) is 38.6 Å². The Morgan fingerprint density at radius 2 is 2.04 bits per heavy atom. The lowest BCUT2D eigenvalue weighted by atomic mass is 9.95. The summed E-state index contributed by atoms with van der Waals surface area (Å²) in [5.41, 5.74) is 0.195. The number of aryl methyl sites for hydroxylation is 1. The zero-order valence-electron chi connectivity index (χ0n) is 16.3. The third-order valence-electron chi connectivity index (χ3n) is 5.09. The van der Waals surface area contributed by atoms with E-state index in [1.165, 1.54) is 6.20 Å². The number of rotatable bonds is 6. The first-order valence-corrected chi connectivity index (χ1v) is 9.42. The van der Waals surface area contributed by atoms with E-state index in [-0.39, 0.29) is 17.9 Å². The van der Waals surface area contributed by atoms with Gasteiger partial charge < -0.3 is 19.4 Å². The summed E-state index contributed by atoms with van der Waals surface area (Å²) in [5.74, 6) is 2.03. The Labute approximate surface area is 159 Å². The normalized spacial score (nSPS) is 15.5. The highest BCUT2D eigenvalue weighted by Crippen LogP contribution is 2.27. The molecule has 0 saturated carbocycles. The number of nitrogens with zero attached hydrogens (tertiary/aromatic N) is 5. The first-order chi connectivity index (χ1) is 12.9. The minimum atomic E-state index is -0.228. The fourth-order valence-corrected chi connectivity index (χ4v) is 3.48. The van der Waals surface area contributed by atoms with Gasteiger partial charge in [0.25, 0.3) is 5.56 Å². The number of carbonyl (C=O) groups is 1. The molecule has 1 saturated heterocycles. The fraction of sp³-hybridized carbons (Fsp3) is 0.579. The van der Waals surface area contributed by atoms with Crippen LogP contribution in [0.2, 0.25) is 0 Å². The van der Waals surface area contributed by atoms with Crippen molar-refractivity contribution in [3.05, 3.63) is 46.2 Å². The zero-order chi connectivity index (χ0) is 19.4. The van der Waals surface area contributed by atoms with Crippen molar-refractivity contribution in [1.29, 1.82) is 0 Å². The third-order valence-corrected chi connectivity index (χ3v) is 5.09. The molecule has 0 unspecified atom stereocenters. The number of imidazole rings is 1. The third kappa shape index (κ3) is 4.82. The number of likely N-dealkylation sites (N-methyl/N-ethyl adjacent to an activating group) is 1. The molecule has 8 heteroatoms. The van der Waals surface area contributed by atoms with Crippen molar-refractivity contribution in [2.75, 3.05) is 33.7 Å². The van der Waals surface area contributed by atoms with Crippen LogP contribution in [0.4, 0.5) is 0 Å². The van der Waals surface area contributed by atoms with Gasteiger partial charge in [0.1, 0.15) is 11.6 Å². The molecule has 1 aliphatic rings. The van der Waals surface area contributed by atoms with E-state index in [9.17, 15) is 9.59 Å². The van der Waals surface area contributed by atoms with Gasteiger partial charge in [-0.15, -0.1) is 0 Å². The summed E-state index contributed by atoms with van der Waals surface area (Å²) in [6.45, 7) is 5.01. The number of piperidine rings is 1. The molecule has 0 bridgehead atoms. The molecule has 8 nitrogen and oxygen atoms in total. The molecule has 0 radical (unpaired) electrons. The molecule has 0 aliphatic carbocycles. The molecule has 2 aromatic heterocycles. The monoisotopic (exact) mass is 372 g/mol. The van der Waals surface area contributed by atoms with Gasteiger partial charge in [-0.25, -0.2) is 9.97 Å². The molecule has 3 heterocycles. The van der Waals surface area contributed by atoms with Gasteiger partial charge in [0, 0.05) is 56.3 Å². The maximum Gasteiger partial charge on any atom is 0.254 e. The highest BCUT2D eigenvalue weighted by atomic mass is 16.2. The second-order valence-corrected chi connectivity index (χ2v) is 7.44. The van der Waals surface area contributed by atoms with E-state index in [1.54, 1.807) is 6.92 Å². The number of amides is 1. The molecule has 0 aromatic carbocycles. The van der Waals surface area contributed by atoms with Gasteiger partial charge in [-0.05, 0) is 33.9 Å². The minimum absolute atomic E-state index is 0.0134. The van der Waals surface area contributed by atoms with E-state index >= 15 is 0 Å². The molecule has 1 aliphatic heterocycles. The number of H-pyrrole nitrogens is 1. The summed E-state index contributed by atoms with van der Waals surface area (Å²) in [4.78, 5) is 39.8. The summed E-state index contributed by atoms with van der Waals surface area (Å²) in [6.07, 6.45) is 7.29. The van der Waals surface area contributed by atoms with E-state index in [1.807, 2.05) is 17.3 Å². The fourth-order valence-electron chi connectivity index (χ4n) is 3.48. The van der Waals surface area contributed by atoms with Gasteiger partial charge >= 0.3 is 0 Å². The van der Waals surface area contributed by atoms with Crippen molar-refractivity contribution in [1.82, 2.24) is 29.3 Å². The number of aromatic amines is 1. The number of hydrogen-bond donors (Lipinski definition) is 1. The van der Waals surface area contributed by atoms with Gasteiger partial charge in [0.05, 0.1) is 6.42 Å². The molecule has 146 valence electrons. The molecule has 1 N–H and O–H groups in total. The second-order valence-electron chi connectivity index (χ2n) is 7.44. The molecule has 0 spiro atoms. The number of aromatic nitrogens is 4. The lowest BCUT2D eigenvalue weighted by Gasteiger charge is -2.32. The number of carbonyl (C=O) groups excluding carboxylic acids is 1. The maximum atomic E-state index is 12.6. The molecule has 0 atom stereocenters. The molecular weight excluding hydrogens is 344 g/mol. The SMILES string of the molecule is Cc1ncc(CC(=O)N2CCC(c3nccn3CCN(C)C)CC2)c(=O)[nH]1. The smallest absolute Gasteiger partial charge is 0.254 e. The van der Waals surface area contributed by atoms with E-state index in [0.29, 0.717) is 30.4 Å². The molecule has 1 fully saturated rings. The number of nitrogens with one attached hydrogen (secondary N) is 1.